The van der Waals surface area contributed by atoms with Crippen molar-refractivity contribution in [3.05, 3.63) is 30.1 Å². The Morgan fingerprint density at radius 1 is 1.33 bits per heavy atom. The quantitative estimate of drug-likeness (QED) is 0.700. The number of aliphatic carboxylic acids is 1. The van der Waals surface area contributed by atoms with Gasteiger partial charge in [-0.2, -0.15) is 0 Å². The molecule has 1 unspecified atom stereocenters. The van der Waals surface area contributed by atoms with Crippen molar-refractivity contribution in [3.8, 4) is 5.75 Å². The van der Waals surface area contributed by atoms with Crippen LogP contribution in [-0.4, -0.2) is 53.5 Å². The van der Waals surface area contributed by atoms with Gasteiger partial charge < -0.3 is 20.1 Å². The first-order valence-electron chi connectivity index (χ1n) is 7.47. The predicted molar refractivity (Wildman–Crippen MR) is 84.0 cm³/mol. The summed E-state index contributed by atoms with van der Waals surface area (Å²) >= 11 is 0. The van der Waals surface area contributed by atoms with Gasteiger partial charge in [0.05, 0.1) is 13.0 Å². The summed E-state index contributed by atoms with van der Waals surface area (Å²) in [5.41, 5.74) is 0. The van der Waals surface area contributed by atoms with E-state index in [2.05, 4.69) is 5.32 Å². The van der Waals surface area contributed by atoms with Crippen molar-refractivity contribution >= 4 is 17.8 Å². The van der Waals surface area contributed by atoms with Crippen LogP contribution in [0.4, 0.5) is 4.39 Å². The van der Waals surface area contributed by atoms with E-state index in [1.165, 1.54) is 32.0 Å². The molecular weight excluding hydrogens is 319 g/mol. The minimum atomic E-state index is -1.15. The van der Waals surface area contributed by atoms with Crippen LogP contribution in [0.5, 0.6) is 5.75 Å². The number of halogens is 1. The number of carboxylic acids is 1. The first-order chi connectivity index (χ1) is 11.3. The molecule has 0 saturated carbocycles. The van der Waals surface area contributed by atoms with Crippen LogP contribution in [0.3, 0.4) is 0 Å². The van der Waals surface area contributed by atoms with E-state index in [-0.39, 0.29) is 37.8 Å². The highest BCUT2D eigenvalue weighted by molar-refractivity contribution is 5.83. The van der Waals surface area contributed by atoms with E-state index in [0.29, 0.717) is 0 Å². The van der Waals surface area contributed by atoms with Crippen LogP contribution in [0, 0.1) is 5.82 Å². The summed E-state index contributed by atoms with van der Waals surface area (Å²) in [4.78, 5) is 35.4. The molecule has 0 bridgehead atoms. The van der Waals surface area contributed by atoms with Crippen molar-refractivity contribution in [3.63, 3.8) is 0 Å². The minimum Gasteiger partial charge on any atom is -0.490 e. The number of rotatable bonds is 9. The summed E-state index contributed by atoms with van der Waals surface area (Å²) in [6.45, 7) is 2.84. The van der Waals surface area contributed by atoms with E-state index in [4.69, 9.17) is 9.84 Å². The van der Waals surface area contributed by atoms with Crippen molar-refractivity contribution in [2.75, 3.05) is 19.7 Å². The SMILES string of the molecule is CC(=O)NCCN(C(=O)CCOc1ccccc1F)C(C)C(=O)O. The normalized spacial score (nSPS) is 11.5. The Hall–Kier alpha value is -2.64. The molecule has 7 nitrogen and oxygen atoms in total. The first-order valence-corrected chi connectivity index (χ1v) is 7.47. The molecule has 0 aliphatic rings. The maximum Gasteiger partial charge on any atom is 0.326 e. The number of carbonyl (C=O) groups excluding carboxylic acids is 2. The number of hydrogen-bond acceptors (Lipinski definition) is 4. The number of para-hydroxylation sites is 1. The number of benzene rings is 1. The fourth-order valence-corrected chi connectivity index (χ4v) is 1.97. The highest BCUT2D eigenvalue weighted by atomic mass is 19.1. The number of nitrogens with zero attached hydrogens (tertiary/aromatic N) is 1. The first kappa shape index (κ1) is 19.4. The molecule has 0 fully saturated rings. The Labute approximate surface area is 139 Å². The largest absolute Gasteiger partial charge is 0.490 e. The Morgan fingerprint density at radius 3 is 2.58 bits per heavy atom. The highest BCUT2D eigenvalue weighted by Gasteiger charge is 2.25. The third-order valence-corrected chi connectivity index (χ3v) is 3.28. The molecule has 0 heterocycles. The molecule has 132 valence electrons. The van der Waals surface area contributed by atoms with E-state index >= 15 is 0 Å². The maximum atomic E-state index is 13.4. The second-order valence-electron chi connectivity index (χ2n) is 5.11. The standard InChI is InChI=1S/C16H21FN2O5/c1-11(16(22)23)19(9-8-18-12(2)20)15(21)7-10-24-14-6-4-3-5-13(14)17/h3-6,11H,7-10H2,1-2H3,(H,18,20)(H,22,23). The molecule has 0 aliphatic heterocycles. The molecule has 0 saturated heterocycles. The van der Waals surface area contributed by atoms with Gasteiger partial charge in [-0.15, -0.1) is 0 Å². The van der Waals surface area contributed by atoms with E-state index in [1.54, 1.807) is 6.07 Å². The second kappa shape index (κ2) is 9.49. The van der Waals surface area contributed by atoms with Crippen LogP contribution in [0.1, 0.15) is 20.3 Å². The van der Waals surface area contributed by atoms with Crippen molar-refractivity contribution in [2.45, 2.75) is 26.3 Å². The molecule has 0 spiro atoms. The Balaban J connectivity index is 2.58. The fraction of sp³-hybridized carbons (Fsp3) is 0.438. The van der Waals surface area contributed by atoms with Gasteiger partial charge in [0.2, 0.25) is 11.8 Å². The van der Waals surface area contributed by atoms with E-state index in [0.717, 1.165) is 4.90 Å². The van der Waals surface area contributed by atoms with Gasteiger partial charge >= 0.3 is 5.97 Å². The number of amides is 2. The summed E-state index contributed by atoms with van der Waals surface area (Å²) in [5.74, 6) is -2.38. The monoisotopic (exact) mass is 340 g/mol. The predicted octanol–water partition coefficient (Wildman–Crippen LogP) is 1.03. The second-order valence-corrected chi connectivity index (χ2v) is 5.11. The molecule has 8 heteroatoms. The summed E-state index contributed by atoms with van der Waals surface area (Å²) in [6, 6.07) is 4.76. The Bertz CT molecular complexity index is 594. The molecule has 0 aliphatic carbocycles. The van der Waals surface area contributed by atoms with Crippen LogP contribution < -0.4 is 10.1 Å². The lowest BCUT2D eigenvalue weighted by molar-refractivity contribution is -0.149. The van der Waals surface area contributed by atoms with Crippen molar-refractivity contribution in [1.82, 2.24) is 10.2 Å². The number of hydrogen-bond donors (Lipinski definition) is 2. The molecule has 24 heavy (non-hydrogen) atoms. The summed E-state index contributed by atoms with van der Waals surface area (Å²) in [6.07, 6.45) is -0.105. The summed E-state index contributed by atoms with van der Waals surface area (Å²) in [7, 11) is 0. The lowest BCUT2D eigenvalue weighted by Crippen LogP contribution is -2.47. The van der Waals surface area contributed by atoms with Gasteiger partial charge in [0.1, 0.15) is 6.04 Å². The lowest BCUT2D eigenvalue weighted by atomic mass is 10.2. The number of nitrogens with one attached hydrogen (secondary N) is 1. The highest BCUT2D eigenvalue weighted by Crippen LogP contribution is 2.15. The van der Waals surface area contributed by atoms with Crippen LogP contribution >= 0.6 is 0 Å². The molecular formula is C16H21FN2O5. The lowest BCUT2D eigenvalue weighted by Gasteiger charge is -2.26. The summed E-state index contributed by atoms with van der Waals surface area (Å²) < 4.78 is 18.6. The van der Waals surface area contributed by atoms with Gasteiger partial charge in [-0.25, -0.2) is 9.18 Å². The molecule has 2 amide bonds. The third-order valence-electron chi connectivity index (χ3n) is 3.28. The van der Waals surface area contributed by atoms with E-state index in [1.807, 2.05) is 0 Å². The smallest absolute Gasteiger partial charge is 0.326 e. The average Bonchev–Trinajstić information content (AvgIpc) is 2.52. The topological polar surface area (TPSA) is 95.9 Å². The van der Waals surface area contributed by atoms with Crippen LogP contribution in [0.15, 0.2) is 24.3 Å². The van der Waals surface area contributed by atoms with Crippen LogP contribution in [0.2, 0.25) is 0 Å². The fourth-order valence-electron chi connectivity index (χ4n) is 1.97. The van der Waals surface area contributed by atoms with Gasteiger partial charge in [-0.3, -0.25) is 9.59 Å². The van der Waals surface area contributed by atoms with Crippen LogP contribution in [-0.2, 0) is 14.4 Å². The Morgan fingerprint density at radius 2 is 2.00 bits per heavy atom. The van der Waals surface area contributed by atoms with E-state index < -0.39 is 23.7 Å². The van der Waals surface area contributed by atoms with Gasteiger partial charge in [0.25, 0.3) is 0 Å². The molecule has 1 rings (SSSR count). The van der Waals surface area contributed by atoms with Crippen molar-refractivity contribution in [2.24, 2.45) is 0 Å². The third kappa shape index (κ3) is 6.23. The van der Waals surface area contributed by atoms with E-state index in [9.17, 15) is 18.8 Å². The molecule has 1 aromatic carbocycles. The van der Waals surface area contributed by atoms with Gasteiger partial charge in [-0.05, 0) is 19.1 Å². The number of ether oxygens (including phenoxy) is 1. The average molecular weight is 340 g/mol. The van der Waals surface area contributed by atoms with Crippen molar-refractivity contribution in [1.29, 1.82) is 0 Å². The zero-order valence-corrected chi connectivity index (χ0v) is 13.6. The van der Waals surface area contributed by atoms with Gasteiger partial charge in [0.15, 0.2) is 11.6 Å². The molecule has 0 radical (unpaired) electrons. The van der Waals surface area contributed by atoms with Gasteiger partial charge in [-0.1, -0.05) is 12.1 Å². The summed E-state index contributed by atoms with van der Waals surface area (Å²) in [5, 5.41) is 11.6. The van der Waals surface area contributed by atoms with Crippen molar-refractivity contribution < 1.29 is 28.6 Å². The molecule has 1 aromatic rings. The molecule has 0 aromatic heterocycles. The zero-order valence-electron chi connectivity index (χ0n) is 13.6. The number of carbonyl (C=O) groups is 3. The minimum absolute atomic E-state index is 0.0291. The van der Waals surface area contributed by atoms with Gasteiger partial charge in [0, 0.05) is 20.0 Å². The number of carboxylic acid groups (broad SMARTS) is 1. The Kier molecular flexibility index (Phi) is 7.67. The van der Waals surface area contributed by atoms with Crippen LogP contribution in [0.25, 0.3) is 0 Å². The zero-order chi connectivity index (χ0) is 18.1. The molecule has 1 atom stereocenters. The molecule has 2 N–H and O–H groups in total. The maximum absolute atomic E-state index is 13.4.